The Hall–Kier alpha value is -8.24. The van der Waals surface area contributed by atoms with Crippen LogP contribution in [0.4, 0.5) is 17.1 Å². The Labute approximate surface area is 340 Å². The summed E-state index contributed by atoms with van der Waals surface area (Å²) < 4.78 is 0. The van der Waals surface area contributed by atoms with E-state index in [1.807, 2.05) is 24.3 Å². The predicted molar refractivity (Wildman–Crippen MR) is 246 cm³/mol. The lowest BCUT2D eigenvalue weighted by atomic mass is 9.83. The molecule has 0 aliphatic carbocycles. The molecule has 0 atom stereocenters. The minimum Gasteiger partial charge on any atom is -0.310 e. The van der Waals surface area contributed by atoms with E-state index in [0.29, 0.717) is 11.1 Å². The molecular formula is C56H31N3. The molecule has 59 heavy (non-hydrogen) atoms. The first-order chi connectivity index (χ1) is 29.2. The molecule has 0 aromatic heterocycles. The molecule has 3 nitrogen and oxygen atoms in total. The minimum atomic E-state index is 0.626. The highest BCUT2D eigenvalue weighted by atomic mass is 15.1. The molecule has 0 heterocycles. The largest absolute Gasteiger partial charge is 0.310 e. The fraction of sp³-hybridized carbons (Fsp3) is 0. The van der Waals surface area contributed by atoms with E-state index in [-0.39, 0.29) is 0 Å². The van der Waals surface area contributed by atoms with Crippen molar-refractivity contribution in [3.05, 3.63) is 199 Å². The van der Waals surface area contributed by atoms with Crippen molar-refractivity contribution >= 4 is 92.5 Å². The standard InChI is InChI=1S/C56H31N3/c57-32-34-21-25-36(26-22-34)51-49-31-47-43-17-8-7-16-42(43)44-18-10-20-46(53(44)47)54(49)52(37-27-23-35(33-58)24-28-37)55-45-19-9-11-38-29-41(30-48(50(38)45)56(51)55)59(39-12-3-1-4-13-39)40-14-5-2-6-15-40/h1-31H. The average molecular weight is 746 g/mol. The van der Waals surface area contributed by atoms with Crippen LogP contribution in [0.25, 0.3) is 97.7 Å². The summed E-state index contributed by atoms with van der Waals surface area (Å²) in [6.07, 6.45) is 0. The van der Waals surface area contributed by atoms with Crippen molar-refractivity contribution in [3.63, 3.8) is 0 Å². The van der Waals surface area contributed by atoms with Crippen molar-refractivity contribution < 1.29 is 0 Å². The van der Waals surface area contributed by atoms with Crippen LogP contribution in [0.2, 0.25) is 0 Å². The number of anilines is 3. The van der Waals surface area contributed by atoms with Crippen LogP contribution in [0.15, 0.2) is 188 Å². The van der Waals surface area contributed by atoms with Gasteiger partial charge in [-0.05, 0) is 164 Å². The van der Waals surface area contributed by atoms with Gasteiger partial charge >= 0.3 is 0 Å². The van der Waals surface area contributed by atoms with Gasteiger partial charge in [-0.1, -0.05) is 121 Å². The van der Waals surface area contributed by atoms with Gasteiger partial charge in [0, 0.05) is 17.1 Å². The Morgan fingerprint density at radius 2 is 0.814 bits per heavy atom. The summed E-state index contributed by atoms with van der Waals surface area (Å²) in [7, 11) is 0. The number of nitriles is 2. The van der Waals surface area contributed by atoms with E-state index in [4.69, 9.17) is 0 Å². The van der Waals surface area contributed by atoms with E-state index in [2.05, 4.69) is 181 Å². The second-order valence-electron chi connectivity index (χ2n) is 15.4. The molecule has 0 fully saturated rings. The molecule has 0 radical (unpaired) electrons. The molecule has 12 rings (SSSR count). The van der Waals surface area contributed by atoms with Gasteiger partial charge < -0.3 is 4.90 Å². The maximum Gasteiger partial charge on any atom is 0.0991 e. The zero-order valence-corrected chi connectivity index (χ0v) is 31.7. The molecule has 3 heteroatoms. The quantitative estimate of drug-likeness (QED) is 0.165. The summed E-state index contributed by atoms with van der Waals surface area (Å²) in [5.41, 5.74) is 8.89. The van der Waals surface area contributed by atoms with Crippen molar-refractivity contribution in [2.24, 2.45) is 0 Å². The number of hydrogen-bond acceptors (Lipinski definition) is 3. The predicted octanol–water partition coefficient (Wildman–Crippen LogP) is 15.2. The molecule has 0 amide bonds. The third-order valence-corrected chi connectivity index (χ3v) is 12.3. The molecule has 0 saturated carbocycles. The molecule has 12 aromatic rings. The van der Waals surface area contributed by atoms with Gasteiger partial charge in [0.25, 0.3) is 0 Å². The second kappa shape index (κ2) is 12.6. The van der Waals surface area contributed by atoms with Crippen molar-refractivity contribution in [2.75, 3.05) is 4.90 Å². The number of nitrogens with zero attached hydrogens (tertiary/aromatic N) is 3. The molecule has 0 aliphatic heterocycles. The van der Waals surface area contributed by atoms with E-state index in [1.165, 1.54) is 64.6 Å². The van der Waals surface area contributed by atoms with Gasteiger partial charge in [-0.3, -0.25) is 0 Å². The Morgan fingerprint density at radius 3 is 1.44 bits per heavy atom. The Morgan fingerprint density at radius 1 is 0.305 bits per heavy atom. The zero-order valence-electron chi connectivity index (χ0n) is 31.7. The third kappa shape index (κ3) is 4.74. The van der Waals surface area contributed by atoms with Gasteiger partial charge in [0.2, 0.25) is 0 Å². The zero-order chi connectivity index (χ0) is 39.2. The van der Waals surface area contributed by atoms with Crippen molar-refractivity contribution in [1.82, 2.24) is 0 Å². The first kappa shape index (κ1) is 33.0. The number of rotatable bonds is 5. The SMILES string of the molecule is N#Cc1ccc(-c2c3cc4c5ccccc5c5cccc(c3c(-c3ccc(C#N)cc3)c3c6cccc7cc(N(c8ccccc8)c8ccccc8)cc(c23)c76)c54)cc1. The number of fused-ring (bicyclic) bond motifs is 8. The molecular weight excluding hydrogens is 715 g/mol. The number of hydrogen-bond donors (Lipinski definition) is 0. The van der Waals surface area contributed by atoms with Crippen LogP contribution in [-0.4, -0.2) is 0 Å². The molecule has 0 N–H and O–H groups in total. The van der Waals surface area contributed by atoms with Crippen LogP contribution < -0.4 is 4.90 Å². The van der Waals surface area contributed by atoms with Crippen LogP contribution >= 0.6 is 0 Å². The Bertz CT molecular complexity index is 3670. The summed E-state index contributed by atoms with van der Waals surface area (Å²) in [6.45, 7) is 0. The summed E-state index contributed by atoms with van der Waals surface area (Å²) in [6, 6.07) is 71.4. The third-order valence-electron chi connectivity index (χ3n) is 12.3. The lowest BCUT2D eigenvalue weighted by molar-refractivity contribution is 1.29. The van der Waals surface area contributed by atoms with Gasteiger partial charge in [-0.2, -0.15) is 10.5 Å². The van der Waals surface area contributed by atoms with Gasteiger partial charge in [-0.15, -0.1) is 0 Å². The fourth-order valence-electron chi connectivity index (χ4n) is 9.95. The maximum absolute atomic E-state index is 9.93. The first-order valence-corrected chi connectivity index (χ1v) is 19.9. The van der Waals surface area contributed by atoms with Crippen molar-refractivity contribution in [2.45, 2.75) is 0 Å². The van der Waals surface area contributed by atoms with Gasteiger partial charge in [-0.25, -0.2) is 0 Å². The van der Waals surface area contributed by atoms with Crippen LogP contribution in [0.5, 0.6) is 0 Å². The van der Waals surface area contributed by atoms with E-state index in [1.54, 1.807) is 0 Å². The van der Waals surface area contributed by atoms with Gasteiger partial charge in [0.05, 0.1) is 23.3 Å². The number of benzene rings is 10. The summed E-state index contributed by atoms with van der Waals surface area (Å²) in [5.74, 6) is 0. The van der Waals surface area contributed by atoms with E-state index in [9.17, 15) is 10.5 Å². The van der Waals surface area contributed by atoms with E-state index < -0.39 is 0 Å². The number of para-hydroxylation sites is 2. The van der Waals surface area contributed by atoms with Crippen LogP contribution in [-0.2, 0) is 0 Å². The van der Waals surface area contributed by atoms with Crippen LogP contribution in [0.1, 0.15) is 11.1 Å². The van der Waals surface area contributed by atoms with Crippen molar-refractivity contribution in [1.29, 1.82) is 10.5 Å². The molecule has 0 saturated heterocycles. The lowest BCUT2D eigenvalue weighted by Gasteiger charge is -2.26. The van der Waals surface area contributed by atoms with E-state index in [0.717, 1.165) is 50.1 Å². The molecule has 0 spiro atoms. The summed E-state index contributed by atoms with van der Waals surface area (Å²) in [5, 5.41) is 36.7. The molecule has 270 valence electrons. The second-order valence-corrected chi connectivity index (χ2v) is 15.4. The monoisotopic (exact) mass is 745 g/mol. The topological polar surface area (TPSA) is 50.8 Å². The Kier molecular flexibility index (Phi) is 7.06. The molecule has 0 aliphatic rings. The molecule has 12 aromatic carbocycles. The first-order valence-electron chi connectivity index (χ1n) is 19.9. The van der Waals surface area contributed by atoms with Crippen LogP contribution in [0.3, 0.4) is 0 Å². The van der Waals surface area contributed by atoms with Gasteiger partial charge in [0.15, 0.2) is 0 Å². The van der Waals surface area contributed by atoms with E-state index >= 15 is 0 Å². The normalized spacial score (nSPS) is 11.7. The minimum absolute atomic E-state index is 0.626. The van der Waals surface area contributed by atoms with Crippen LogP contribution in [0, 0.1) is 22.7 Å². The maximum atomic E-state index is 9.93. The molecule has 0 unspecified atom stereocenters. The fourth-order valence-corrected chi connectivity index (χ4v) is 9.95. The summed E-state index contributed by atoms with van der Waals surface area (Å²) in [4.78, 5) is 2.34. The highest BCUT2D eigenvalue weighted by molar-refractivity contribution is 6.45. The smallest absolute Gasteiger partial charge is 0.0991 e. The highest BCUT2D eigenvalue weighted by Crippen LogP contribution is 2.55. The lowest BCUT2D eigenvalue weighted by Crippen LogP contribution is -2.09. The van der Waals surface area contributed by atoms with Crippen molar-refractivity contribution in [3.8, 4) is 34.4 Å². The van der Waals surface area contributed by atoms with Gasteiger partial charge in [0.1, 0.15) is 0 Å². The highest BCUT2D eigenvalue weighted by Gasteiger charge is 2.27. The Balaban J connectivity index is 1.35. The summed E-state index contributed by atoms with van der Waals surface area (Å²) >= 11 is 0. The average Bonchev–Trinajstić information content (AvgIpc) is 3.80. The molecule has 0 bridgehead atoms.